The number of anilines is 1. The van der Waals surface area contributed by atoms with Crippen LogP contribution >= 0.6 is 15.9 Å². The first-order valence-corrected chi connectivity index (χ1v) is 8.93. The Kier molecular flexibility index (Phi) is 7.28. The highest BCUT2D eigenvalue weighted by Gasteiger charge is 2.06. The predicted octanol–water partition coefficient (Wildman–Crippen LogP) is 4.42. The number of hydrogen-bond donors (Lipinski definition) is 1. The Labute approximate surface area is 151 Å². The summed E-state index contributed by atoms with van der Waals surface area (Å²) in [7, 11) is 0. The molecular weight excluding hydrogens is 368 g/mol. The zero-order valence-corrected chi connectivity index (χ0v) is 15.7. The molecule has 2 rings (SSSR count). The van der Waals surface area contributed by atoms with Gasteiger partial charge >= 0.3 is 0 Å². The molecule has 0 saturated heterocycles. The van der Waals surface area contributed by atoms with Gasteiger partial charge in [-0.1, -0.05) is 29.8 Å². The van der Waals surface area contributed by atoms with E-state index in [1.54, 1.807) is 12.1 Å². The highest BCUT2D eigenvalue weighted by molar-refractivity contribution is 9.10. The third-order valence-electron chi connectivity index (χ3n) is 3.79. The molecule has 0 fully saturated rings. The van der Waals surface area contributed by atoms with Crippen molar-refractivity contribution in [1.29, 1.82) is 0 Å². The fourth-order valence-electron chi connectivity index (χ4n) is 2.27. The highest BCUT2D eigenvalue weighted by atomic mass is 79.9. The van der Waals surface area contributed by atoms with Crippen LogP contribution in [0.5, 0.6) is 5.75 Å². The number of nitrogens with one attached hydrogen (secondary N) is 1. The van der Waals surface area contributed by atoms with E-state index < -0.39 is 0 Å². The van der Waals surface area contributed by atoms with Crippen molar-refractivity contribution in [2.24, 2.45) is 0 Å². The van der Waals surface area contributed by atoms with E-state index in [9.17, 15) is 4.79 Å². The molecule has 0 saturated carbocycles. The summed E-state index contributed by atoms with van der Waals surface area (Å²) in [6, 6.07) is 14.7. The Bertz CT molecular complexity index is 637. The second kappa shape index (κ2) is 9.45. The quantitative estimate of drug-likeness (QED) is 0.724. The van der Waals surface area contributed by atoms with Crippen LogP contribution in [0, 0.1) is 0 Å². The maximum Gasteiger partial charge on any atom is 0.255 e. The van der Waals surface area contributed by atoms with Gasteiger partial charge in [-0.05, 0) is 61.6 Å². The van der Waals surface area contributed by atoms with Crippen molar-refractivity contribution >= 4 is 27.5 Å². The van der Waals surface area contributed by atoms with Gasteiger partial charge in [0.1, 0.15) is 12.4 Å². The predicted molar refractivity (Wildman–Crippen MR) is 102 cm³/mol. The van der Waals surface area contributed by atoms with E-state index in [0.29, 0.717) is 12.2 Å². The van der Waals surface area contributed by atoms with E-state index in [-0.39, 0.29) is 5.91 Å². The molecule has 0 aliphatic heterocycles. The Morgan fingerprint density at radius 3 is 2.25 bits per heavy atom. The first-order valence-electron chi connectivity index (χ1n) is 8.14. The van der Waals surface area contributed by atoms with E-state index in [1.165, 1.54) is 0 Å². The molecule has 24 heavy (non-hydrogen) atoms. The number of halogens is 1. The normalized spacial score (nSPS) is 10.7. The Morgan fingerprint density at radius 2 is 1.67 bits per heavy atom. The second-order valence-corrected chi connectivity index (χ2v) is 6.28. The standard InChI is InChI=1S/C19H23BrN2O2/c1-3-22(4-2)13-14-24-18-11-9-17(10-12-18)21-19(23)15-5-7-16(20)8-6-15/h5-12H,3-4,13-14H2,1-2H3,(H,21,23). The van der Waals surface area contributed by atoms with Gasteiger partial charge in [-0.15, -0.1) is 0 Å². The van der Waals surface area contributed by atoms with Crippen LogP contribution in [0.3, 0.4) is 0 Å². The van der Waals surface area contributed by atoms with Crippen molar-refractivity contribution in [2.45, 2.75) is 13.8 Å². The first-order chi connectivity index (χ1) is 11.6. The molecule has 4 nitrogen and oxygen atoms in total. The number of carbonyl (C=O) groups excluding carboxylic acids is 1. The lowest BCUT2D eigenvalue weighted by atomic mass is 10.2. The number of likely N-dealkylation sites (N-methyl/N-ethyl adjacent to an activating group) is 1. The lowest BCUT2D eigenvalue weighted by Crippen LogP contribution is -2.27. The summed E-state index contributed by atoms with van der Waals surface area (Å²) < 4.78 is 6.69. The van der Waals surface area contributed by atoms with Gasteiger partial charge in [0.2, 0.25) is 0 Å². The van der Waals surface area contributed by atoms with Crippen molar-refractivity contribution in [2.75, 3.05) is 31.6 Å². The lowest BCUT2D eigenvalue weighted by Gasteiger charge is -2.18. The molecule has 0 aromatic heterocycles. The van der Waals surface area contributed by atoms with Gasteiger partial charge in [0, 0.05) is 22.3 Å². The smallest absolute Gasteiger partial charge is 0.255 e. The number of carbonyl (C=O) groups is 1. The fraction of sp³-hybridized carbons (Fsp3) is 0.316. The molecule has 5 heteroatoms. The molecule has 0 heterocycles. The highest BCUT2D eigenvalue weighted by Crippen LogP contribution is 2.17. The van der Waals surface area contributed by atoms with Crippen molar-refractivity contribution in [1.82, 2.24) is 4.90 Å². The monoisotopic (exact) mass is 390 g/mol. The molecule has 1 amide bonds. The van der Waals surface area contributed by atoms with Gasteiger partial charge in [-0.2, -0.15) is 0 Å². The molecule has 0 bridgehead atoms. The van der Waals surface area contributed by atoms with E-state index in [1.807, 2.05) is 36.4 Å². The van der Waals surface area contributed by atoms with Crippen molar-refractivity contribution in [3.8, 4) is 5.75 Å². The second-order valence-electron chi connectivity index (χ2n) is 5.36. The average Bonchev–Trinajstić information content (AvgIpc) is 2.60. The van der Waals surface area contributed by atoms with Crippen LogP contribution in [0.15, 0.2) is 53.0 Å². The van der Waals surface area contributed by atoms with E-state index in [0.717, 1.165) is 35.5 Å². The molecule has 2 aromatic carbocycles. The number of hydrogen-bond acceptors (Lipinski definition) is 3. The van der Waals surface area contributed by atoms with Gasteiger partial charge < -0.3 is 15.0 Å². The number of amides is 1. The first kappa shape index (κ1) is 18.5. The molecule has 0 aliphatic carbocycles. The van der Waals surface area contributed by atoms with Gasteiger partial charge in [-0.3, -0.25) is 4.79 Å². The lowest BCUT2D eigenvalue weighted by molar-refractivity contribution is 0.102. The topological polar surface area (TPSA) is 41.6 Å². The van der Waals surface area contributed by atoms with Crippen molar-refractivity contribution < 1.29 is 9.53 Å². The number of rotatable bonds is 8. The van der Waals surface area contributed by atoms with Gasteiger partial charge in [0.05, 0.1) is 0 Å². The summed E-state index contributed by atoms with van der Waals surface area (Å²) in [5, 5.41) is 2.88. The minimum Gasteiger partial charge on any atom is -0.492 e. The molecule has 128 valence electrons. The Balaban J connectivity index is 1.85. The van der Waals surface area contributed by atoms with Crippen LogP contribution in [0.2, 0.25) is 0 Å². The molecule has 2 aromatic rings. The summed E-state index contributed by atoms with van der Waals surface area (Å²) in [5.41, 5.74) is 1.37. The summed E-state index contributed by atoms with van der Waals surface area (Å²) in [4.78, 5) is 14.5. The summed E-state index contributed by atoms with van der Waals surface area (Å²) in [6.45, 7) is 7.92. The fourth-order valence-corrected chi connectivity index (χ4v) is 2.54. The third kappa shape index (κ3) is 5.65. The average molecular weight is 391 g/mol. The maximum atomic E-state index is 12.2. The molecule has 0 aliphatic rings. The van der Waals surface area contributed by atoms with Gasteiger partial charge in [0.15, 0.2) is 0 Å². The summed E-state index contributed by atoms with van der Waals surface area (Å²) >= 11 is 3.36. The minimum atomic E-state index is -0.127. The van der Waals surface area contributed by atoms with Crippen LogP contribution in [-0.4, -0.2) is 37.0 Å². The number of ether oxygens (including phenoxy) is 1. The van der Waals surface area contributed by atoms with Crippen LogP contribution in [0.1, 0.15) is 24.2 Å². The minimum absolute atomic E-state index is 0.127. The molecular formula is C19H23BrN2O2. The Morgan fingerprint density at radius 1 is 1.04 bits per heavy atom. The largest absolute Gasteiger partial charge is 0.492 e. The third-order valence-corrected chi connectivity index (χ3v) is 4.32. The number of benzene rings is 2. The van der Waals surface area contributed by atoms with E-state index in [4.69, 9.17) is 4.74 Å². The van der Waals surface area contributed by atoms with Crippen LogP contribution in [-0.2, 0) is 0 Å². The molecule has 0 unspecified atom stereocenters. The molecule has 0 atom stereocenters. The van der Waals surface area contributed by atoms with Crippen LogP contribution in [0.4, 0.5) is 5.69 Å². The van der Waals surface area contributed by atoms with Crippen LogP contribution in [0.25, 0.3) is 0 Å². The molecule has 0 radical (unpaired) electrons. The van der Waals surface area contributed by atoms with Crippen LogP contribution < -0.4 is 10.1 Å². The van der Waals surface area contributed by atoms with E-state index in [2.05, 4.69) is 40.0 Å². The Hall–Kier alpha value is -1.85. The van der Waals surface area contributed by atoms with Gasteiger partial charge in [-0.25, -0.2) is 0 Å². The molecule has 0 spiro atoms. The van der Waals surface area contributed by atoms with Crippen molar-refractivity contribution in [3.63, 3.8) is 0 Å². The van der Waals surface area contributed by atoms with Gasteiger partial charge in [0.25, 0.3) is 5.91 Å². The van der Waals surface area contributed by atoms with E-state index >= 15 is 0 Å². The molecule has 1 N–H and O–H groups in total. The number of nitrogens with zero attached hydrogens (tertiary/aromatic N) is 1. The summed E-state index contributed by atoms with van der Waals surface area (Å²) in [6.07, 6.45) is 0. The maximum absolute atomic E-state index is 12.2. The SMILES string of the molecule is CCN(CC)CCOc1ccc(NC(=O)c2ccc(Br)cc2)cc1. The summed E-state index contributed by atoms with van der Waals surface area (Å²) in [5.74, 6) is 0.682. The zero-order chi connectivity index (χ0) is 17.4. The van der Waals surface area contributed by atoms with Crippen molar-refractivity contribution in [3.05, 3.63) is 58.6 Å². The zero-order valence-electron chi connectivity index (χ0n) is 14.1.